The topological polar surface area (TPSA) is 64.3 Å². The van der Waals surface area contributed by atoms with Crippen LogP contribution >= 0.6 is 0 Å². The second kappa shape index (κ2) is 6.92. The van der Waals surface area contributed by atoms with Gasteiger partial charge >= 0.3 is 0 Å². The van der Waals surface area contributed by atoms with E-state index in [9.17, 15) is 0 Å². The van der Waals surface area contributed by atoms with Crippen LogP contribution in [0.25, 0.3) is 0 Å². The van der Waals surface area contributed by atoms with Gasteiger partial charge in [0, 0.05) is 18.8 Å². The molecular formula is C16H22N4O. The first-order valence-corrected chi connectivity index (χ1v) is 7.17. The van der Waals surface area contributed by atoms with Crippen LogP contribution in [0, 0.1) is 0 Å². The van der Waals surface area contributed by atoms with Crippen molar-refractivity contribution in [2.45, 2.75) is 33.4 Å². The second-order valence-corrected chi connectivity index (χ2v) is 5.10. The van der Waals surface area contributed by atoms with E-state index < -0.39 is 0 Å². The number of ether oxygens (including phenoxy) is 1. The summed E-state index contributed by atoms with van der Waals surface area (Å²) in [5.41, 5.74) is 7.88. The number of aromatic nitrogens is 2. The van der Waals surface area contributed by atoms with E-state index in [1.165, 1.54) is 0 Å². The van der Waals surface area contributed by atoms with Gasteiger partial charge in [0.2, 0.25) is 5.88 Å². The summed E-state index contributed by atoms with van der Waals surface area (Å²) in [6, 6.07) is 7.86. The molecule has 0 aliphatic carbocycles. The van der Waals surface area contributed by atoms with Crippen molar-refractivity contribution in [2.75, 3.05) is 17.2 Å². The highest BCUT2D eigenvalue weighted by Gasteiger charge is 2.10. The van der Waals surface area contributed by atoms with Crippen LogP contribution in [0.3, 0.4) is 0 Å². The average molecular weight is 286 g/mol. The van der Waals surface area contributed by atoms with Gasteiger partial charge in [0.15, 0.2) is 5.82 Å². The number of nitrogens with two attached hydrogens (primary N) is 1. The molecule has 0 atom stereocenters. The fraction of sp³-hybridized carbons (Fsp3) is 0.375. The molecule has 0 radical (unpaired) electrons. The van der Waals surface area contributed by atoms with E-state index in [-0.39, 0.29) is 6.10 Å². The molecule has 0 fully saturated rings. The number of nitrogen functional groups attached to an aromatic ring is 1. The van der Waals surface area contributed by atoms with E-state index >= 15 is 0 Å². The van der Waals surface area contributed by atoms with Crippen molar-refractivity contribution >= 4 is 11.5 Å². The minimum Gasteiger partial charge on any atom is -0.474 e. The quantitative estimate of drug-likeness (QED) is 0.827. The van der Waals surface area contributed by atoms with Gasteiger partial charge in [0.05, 0.1) is 18.5 Å². The maximum absolute atomic E-state index is 6.01. The molecule has 0 saturated heterocycles. The van der Waals surface area contributed by atoms with E-state index in [4.69, 9.17) is 10.5 Å². The molecule has 2 aromatic rings. The minimum atomic E-state index is 0.0781. The highest BCUT2D eigenvalue weighted by atomic mass is 16.5. The molecule has 0 aliphatic heterocycles. The Bertz CT molecular complexity index is 586. The van der Waals surface area contributed by atoms with Crippen molar-refractivity contribution < 1.29 is 4.74 Å². The predicted octanol–water partition coefficient (Wildman–Crippen LogP) is 2.87. The van der Waals surface area contributed by atoms with Crippen molar-refractivity contribution in [3.8, 4) is 5.88 Å². The zero-order valence-electron chi connectivity index (χ0n) is 12.8. The zero-order valence-corrected chi connectivity index (χ0v) is 12.8. The third-order valence-corrected chi connectivity index (χ3v) is 3.08. The lowest BCUT2D eigenvalue weighted by Crippen LogP contribution is -2.24. The van der Waals surface area contributed by atoms with E-state index in [1.54, 1.807) is 12.4 Å². The maximum Gasteiger partial charge on any atom is 0.234 e. The van der Waals surface area contributed by atoms with Crippen LogP contribution in [-0.4, -0.2) is 22.6 Å². The van der Waals surface area contributed by atoms with Gasteiger partial charge in [0.25, 0.3) is 0 Å². The molecule has 5 nitrogen and oxygen atoms in total. The predicted molar refractivity (Wildman–Crippen MR) is 85.4 cm³/mol. The van der Waals surface area contributed by atoms with Gasteiger partial charge in [-0.3, -0.25) is 4.98 Å². The average Bonchev–Trinajstić information content (AvgIpc) is 2.46. The maximum atomic E-state index is 6.01. The Kier molecular flexibility index (Phi) is 4.98. The largest absolute Gasteiger partial charge is 0.474 e. The lowest BCUT2D eigenvalue weighted by Gasteiger charge is -2.23. The van der Waals surface area contributed by atoms with Crippen molar-refractivity contribution in [3.63, 3.8) is 0 Å². The van der Waals surface area contributed by atoms with Crippen molar-refractivity contribution in [1.29, 1.82) is 0 Å². The second-order valence-electron chi connectivity index (χ2n) is 5.10. The monoisotopic (exact) mass is 286 g/mol. The molecule has 0 bridgehead atoms. The molecule has 112 valence electrons. The molecule has 2 rings (SSSR count). The Labute approximate surface area is 125 Å². The lowest BCUT2D eigenvalue weighted by atomic mass is 10.1. The van der Waals surface area contributed by atoms with E-state index in [2.05, 4.69) is 21.8 Å². The van der Waals surface area contributed by atoms with Crippen LogP contribution in [0.2, 0.25) is 0 Å². The van der Waals surface area contributed by atoms with Gasteiger partial charge in [-0.1, -0.05) is 18.2 Å². The summed E-state index contributed by atoms with van der Waals surface area (Å²) in [6.07, 6.45) is 3.46. The smallest absolute Gasteiger partial charge is 0.234 e. The summed E-state index contributed by atoms with van der Waals surface area (Å²) in [4.78, 5) is 10.8. The Balaban J connectivity index is 2.19. The third kappa shape index (κ3) is 4.08. The van der Waals surface area contributed by atoms with Crippen molar-refractivity contribution in [2.24, 2.45) is 0 Å². The first-order valence-electron chi connectivity index (χ1n) is 7.17. The molecule has 0 aliphatic rings. The fourth-order valence-corrected chi connectivity index (χ4v) is 2.03. The molecule has 0 amide bonds. The first kappa shape index (κ1) is 15.1. The van der Waals surface area contributed by atoms with Crippen LogP contribution in [0.5, 0.6) is 5.88 Å². The summed E-state index contributed by atoms with van der Waals surface area (Å²) in [5, 5.41) is 0. The molecule has 0 saturated carbocycles. The standard InChI is InChI=1S/C16H22N4O/c1-4-20(11-13-7-5-6-8-14(13)17)15-9-18-10-16(19-15)21-12(2)3/h5-10,12H,4,11,17H2,1-3H3. The number of anilines is 2. The molecular weight excluding hydrogens is 264 g/mol. The summed E-state index contributed by atoms with van der Waals surface area (Å²) >= 11 is 0. The van der Waals surface area contributed by atoms with Crippen LogP contribution in [-0.2, 0) is 6.54 Å². The third-order valence-electron chi connectivity index (χ3n) is 3.08. The highest BCUT2D eigenvalue weighted by molar-refractivity contribution is 5.49. The van der Waals surface area contributed by atoms with Gasteiger partial charge in [0.1, 0.15) is 0 Å². The molecule has 0 spiro atoms. The van der Waals surface area contributed by atoms with Crippen LogP contribution in [0.15, 0.2) is 36.7 Å². The van der Waals surface area contributed by atoms with Crippen LogP contribution in [0.4, 0.5) is 11.5 Å². The highest BCUT2D eigenvalue weighted by Crippen LogP contribution is 2.19. The molecule has 2 N–H and O–H groups in total. The SMILES string of the molecule is CCN(Cc1ccccc1N)c1cncc(OC(C)C)n1. The van der Waals surface area contributed by atoms with Crippen molar-refractivity contribution in [3.05, 3.63) is 42.2 Å². The Hall–Kier alpha value is -2.30. The van der Waals surface area contributed by atoms with Crippen LogP contribution in [0.1, 0.15) is 26.3 Å². The summed E-state index contributed by atoms with van der Waals surface area (Å²) < 4.78 is 5.60. The molecule has 5 heteroatoms. The molecule has 0 unspecified atom stereocenters. The van der Waals surface area contributed by atoms with Gasteiger partial charge in [-0.15, -0.1) is 0 Å². The number of benzene rings is 1. The summed E-state index contributed by atoms with van der Waals surface area (Å²) in [6.45, 7) is 7.53. The molecule has 1 aromatic carbocycles. The van der Waals surface area contributed by atoms with Crippen molar-refractivity contribution in [1.82, 2.24) is 9.97 Å². The van der Waals surface area contributed by atoms with E-state index in [0.717, 1.165) is 23.6 Å². The molecule has 1 heterocycles. The van der Waals surface area contributed by atoms with Gasteiger partial charge < -0.3 is 15.4 Å². The number of para-hydroxylation sites is 1. The number of nitrogens with zero attached hydrogens (tertiary/aromatic N) is 3. The summed E-state index contributed by atoms with van der Waals surface area (Å²) in [7, 11) is 0. The normalized spacial score (nSPS) is 10.7. The van der Waals surface area contributed by atoms with E-state index in [0.29, 0.717) is 12.4 Å². The number of rotatable bonds is 6. The van der Waals surface area contributed by atoms with Gasteiger partial charge in [-0.25, -0.2) is 0 Å². The Morgan fingerprint density at radius 1 is 1.24 bits per heavy atom. The van der Waals surface area contributed by atoms with Gasteiger partial charge in [-0.05, 0) is 32.4 Å². The summed E-state index contributed by atoms with van der Waals surface area (Å²) in [5.74, 6) is 1.33. The van der Waals surface area contributed by atoms with Crippen LogP contribution < -0.4 is 15.4 Å². The molecule has 21 heavy (non-hydrogen) atoms. The Morgan fingerprint density at radius 3 is 2.67 bits per heavy atom. The zero-order chi connectivity index (χ0) is 15.2. The Morgan fingerprint density at radius 2 is 2.00 bits per heavy atom. The van der Waals surface area contributed by atoms with E-state index in [1.807, 2.05) is 38.1 Å². The number of hydrogen-bond donors (Lipinski definition) is 1. The first-order chi connectivity index (χ1) is 10.1. The lowest BCUT2D eigenvalue weighted by molar-refractivity contribution is 0.231. The van der Waals surface area contributed by atoms with Gasteiger partial charge in [-0.2, -0.15) is 4.98 Å². The number of hydrogen-bond acceptors (Lipinski definition) is 5. The molecule has 1 aromatic heterocycles. The fourth-order valence-electron chi connectivity index (χ4n) is 2.03. The minimum absolute atomic E-state index is 0.0781.